The van der Waals surface area contributed by atoms with E-state index in [1.54, 1.807) is 0 Å². The second-order valence-corrected chi connectivity index (χ2v) is 6.42. The smallest absolute Gasteiger partial charge is 0.227 e. The maximum absolute atomic E-state index is 12.3. The Bertz CT molecular complexity index is 534. The van der Waals surface area contributed by atoms with Crippen LogP contribution in [0.3, 0.4) is 0 Å². The lowest BCUT2D eigenvalue weighted by molar-refractivity contribution is -0.134. The van der Waals surface area contributed by atoms with Crippen LogP contribution < -0.4 is 10.6 Å². The zero-order chi connectivity index (χ0) is 15.9. The normalized spacial score (nSPS) is 15.0. The van der Waals surface area contributed by atoms with E-state index in [9.17, 15) is 9.59 Å². The molecule has 2 N–H and O–H groups in total. The number of hydrogen-bond acceptors (Lipinski definition) is 3. The van der Waals surface area contributed by atoms with Gasteiger partial charge < -0.3 is 15.5 Å². The van der Waals surface area contributed by atoms with Crippen LogP contribution in [0.1, 0.15) is 19.3 Å². The second kappa shape index (κ2) is 9.90. The third-order valence-corrected chi connectivity index (χ3v) is 4.39. The standard InChI is InChI=1S/C16H22BrN3O2.ClH/c1-18-8-5-15(21)20-9-6-12(7-10-20)16(22)19-14-4-2-3-13(17)11-14;/h2-4,11-12,18H,5-10H2,1H3,(H,19,22);1H. The summed E-state index contributed by atoms with van der Waals surface area (Å²) < 4.78 is 0.940. The average molecular weight is 405 g/mol. The first-order valence-electron chi connectivity index (χ1n) is 7.59. The lowest BCUT2D eigenvalue weighted by Crippen LogP contribution is -2.42. The lowest BCUT2D eigenvalue weighted by Gasteiger charge is -2.31. The van der Waals surface area contributed by atoms with Crippen LogP contribution in [0.5, 0.6) is 0 Å². The van der Waals surface area contributed by atoms with Crippen LogP contribution in [-0.4, -0.2) is 43.4 Å². The molecule has 2 rings (SSSR count). The number of piperidine rings is 1. The molecule has 0 radical (unpaired) electrons. The molecule has 0 atom stereocenters. The predicted octanol–water partition coefficient (Wildman–Crippen LogP) is 2.66. The molecule has 1 aliphatic rings. The monoisotopic (exact) mass is 403 g/mol. The number of nitrogens with zero attached hydrogens (tertiary/aromatic N) is 1. The van der Waals surface area contributed by atoms with Gasteiger partial charge in [0.05, 0.1) is 0 Å². The van der Waals surface area contributed by atoms with Crippen molar-refractivity contribution in [1.29, 1.82) is 0 Å². The summed E-state index contributed by atoms with van der Waals surface area (Å²) in [6.45, 7) is 2.03. The van der Waals surface area contributed by atoms with Crippen LogP contribution in [0.15, 0.2) is 28.7 Å². The van der Waals surface area contributed by atoms with E-state index in [4.69, 9.17) is 0 Å². The van der Waals surface area contributed by atoms with Crippen molar-refractivity contribution in [2.45, 2.75) is 19.3 Å². The van der Waals surface area contributed by atoms with Gasteiger partial charge in [0.15, 0.2) is 0 Å². The van der Waals surface area contributed by atoms with Crippen molar-refractivity contribution in [3.05, 3.63) is 28.7 Å². The Morgan fingerprint density at radius 2 is 2.00 bits per heavy atom. The van der Waals surface area contributed by atoms with E-state index in [0.717, 1.165) is 23.0 Å². The van der Waals surface area contributed by atoms with Gasteiger partial charge >= 0.3 is 0 Å². The van der Waals surface area contributed by atoms with Gasteiger partial charge in [0.1, 0.15) is 0 Å². The topological polar surface area (TPSA) is 61.4 Å². The highest BCUT2D eigenvalue weighted by Crippen LogP contribution is 2.21. The molecular formula is C16H23BrClN3O2. The minimum Gasteiger partial charge on any atom is -0.343 e. The molecular weight excluding hydrogens is 382 g/mol. The number of hydrogen-bond donors (Lipinski definition) is 2. The summed E-state index contributed by atoms with van der Waals surface area (Å²) in [5, 5.41) is 5.93. The summed E-state index contributed by atoms with van der Waals surface area (Å²) in [5.41, 5.74) is 0.798. The van der Waals surface area contributed by atoms with Crippen LogP contribution >= 0.6 is 28.3 Å². The van der Waals surface area contributed by atoms with Gasteiger partial charge in [-0.2, -0.15) is 0 Å². The maximum atomic E-state index is 12.3. The Morgan fingerprint density at radius 3 is 2.61 bits per heavy atom. The summed E-state index contributed by atoms with van der Waals surface area (Å²) in [6, 6.07) is 7.57. The summed E-state index contributed by atoms with van der Waals surface area (Å²) in [6.07, 6.45) is 1.97. The van der Waals surface area contributed by atoms with Crippen molar-refractivity contribution in [3.8, 4) is 0 Å². The van der Waals surface area contributed by atoms with Gasteiger partial charge in [-0.15, -0.1) is 12.4 Å². The minimum atomic E-state index is -0.0210. The number of anilines is 1. The molecule has 1 aromatic carbocycles. The number of benzene rings is 1. The molecule has 0 aliphatic carbocycles. The largest absolute Gasteiger partial charge is 0.343 e. The number of carbonyl (C=O) groups excluding carboxylic acids is 2. The summed E-state index contributed by atoms with van der Waals surface area (Å²) in [4.78, 5) is 26.1. The molecule has 5 nitrogen and oxygen atoms in total. The minimum absolute atomic E-state index is 0. The molecule has 1 heterocycles. The third-order valence-electron chi connectivity index (χ3n) is 3.90. The number of rotatable bonds is 5. The van der Waals surface area contributed by atoms with Crippen LogP contribution in [-0.2, 0) is 9.59 Å². The van der Waals surface area contributed by atoms with Gasteiger partial charge in [0.25, 0.3) is 0 Å². The molecule has 7 heteroatoms. The number of amides is 2. The highest BCUT2D eigenvalue weighted by Gasteiger charge is 2.27. The molecule has 0 spiro atoms. The van der Waals surface area contributed by atoms with Gasteiger partial charge in [-0.25, -0.2) is 0 Å². The lowest BCUT2D eigenvalue weighted by atomic mass is 9.95. The van der Waals surface area contributed by atoms with Crippen molar-refractivity contribution in [2.75, 3.05) is 32.0 Å². The van der Waals surface area contributed by atoms with Crippen molar-refractivity contribution < 1.29 is 9.59 Å². The van der Waals surface area contributed by atoms with Crippen molar-refractivity contribution in [3.63, 3.8) is 0 Å². The number of nitrogens with one attached hydrogen (secondary N) is 2. The molecule has 23 heavy (non-hydrogen) atoms. The van der Waals surface area contributed by atoms with Crippen LogP contribution in [0.25, 0.3) is 0 Å². The Morgan fingerprint density at radius 1 is 1.30 bits per heavy atom. The fraction of sp³-hybridized carbons (Fsp3) is 0.500. The van der Waals surface area contributed by atoms with Crippen molar-refractivity contribution >= 4 is 45.8 Å². The molecule has 1 saturated heterocycles. The SMILES string of the molecule is CNCCC(=O)N1CCC(C(=O)Nc2cccc(Br)c2)CC1.Cl. The Kier molecular flexibility index (Phi) is 8.58. The van der Waals surface area contributed by atoms with Gasteiger partial charge in [-0.1, -0.05) is 22.0 Å². The number of halogens is 2. The molecule has 0 bridgehead atoms. The molecule has 1 aromatic rings. The molecule has 128 valence electrons. The molecule has 1 aliphatic heterocycles. The van der Waals surface area contributed by atoms with Crippen molar-refractivity contribution in [2.24, 2.45) is 5.92 Å². The number of likely N-dealkylation sites (tertiary alicyclic amines) is 1. The van der Waals surface area contributed by atoms with E-state index >= 15 is 0 Å². The molecule has 2 amide bonds. The summed E-state index contributed by atoms with van der Waals surface area (Å²) >= 11 is 3.39. The highest BCUT2D eigenvalue weighted by atomic mass is 79.9. The molecule has 0 aromatic heterocycles. The van der Waals surface area contributed by atoms with Crippen LogP contribution in [0, 0.1) is 5.92 Å². The predicted molar refractivity (Wildman–Crippen MR) is 97.9 cm³/mol. The zero-order valence-electron chi connectivity index (χ0n) is 13.2. The fourth-order valence-electron chi connectivity index (χ4n) is 2.59. The first kappa shape index (κ1) is 19.9. The number of carbonyl (C=O) groups is 2. The van der Waals surface area contributed by atoms with E-state index in [-0.39, 0.29) is 30.1 Å². The third kappa shape index (κ3) is 6.12. The second-order valence-electron chi connectivity index (χ2n) is 5.51. The zero-order valence-corrected chi connectivity index (χ0v) is 15.6. The van der Waals surface area contributed by atoms with E-state index < -0.39 is 0 Å². The molecule has 0 saturated carbocycles. The first-order chi connectivity index (χ1) is 10.6. The van der Waals surface area contributed by atoms with Gasteiger partial charge in [-0.3, -0.25) is 9.59 Å². The van der Waals surface area contributed by atoms with Crippen LogP contribution in [0.2, 0.25) is 0 Å². The quantitative estimate of drug-likeness (QED) is 0.793. The Labute approximate surface area is 151 Å². The highest BCUT2D eigenvalue weighted by molar-refractivity contribution is 9.10. The van der Waals surface area contributed by atoms with E-state index in [1.807, 2.05) is 36.2 Å². The van der Waals surface area contributed by atoms with E-state index in [2.05, 4.69) is 26.6 Å². The summed E-state index contributed by atoms with van der Waals surface area (Å²) in [7, 11) is 1.84. The molecule has 1 fully saturated rings. The Balaban J connectivity index is 0.00000264. The van der Waals surface area contributed by atoms with Gasteiger partial charge in [0, 0.05) is 42.1 Å². The maximum Gasteiger partial charge on any atom is 0.227 e. The average Bonchev–Trinajstić information content (AvgIpc) is 2.52. The summed E-state index contributed by atoms with van der Waals surface area (Å²) in [5.74, 6) is 0.188. The van der Waals surface area contributed by atoms with Gasteiger partial charge in [0.2, 0.25) is 11.8 Å². The van der Waals surface area contributed by atoms with E-state index in [0.29, 0.717) is 26.1 Å². The van der Waals surface area contributed by atoms with E-state index in [1.165, 1.54) is 0 Å². The van der Waals surface area contributed by atoms with Crippen molar-refractivity contribution in [1.82, 2.24) is 10.2 Å². The molecule has 0 unspecified atom stereocenters. The van der Waals surface area contributed by atoms with Gasteiger partial charge in [-0.05, 0) is 38.1 Å². The Hall–Kier alpha value is -1.11. The fourth-order valence-corrected chi connectivity index (χ4v) is 2.99. The first-order valence-corrected chi connectivity index (χ1v) is 8.38. The van der Waals surface area contributed by atoms with Crippen LogP contribution in [0.4, 0.5) is 5.69 Å².